The molecule has 1 aliphatic rings. The van der Waals surface area contributed by atoms with E-state index in [4.69, 9.17) is 4.74 Å². The molecule has 0 fully saturated rings. The number of nitrogens with zero attached hydrogens (tertiary/aromatic N) is 2. The van der Waals surface area contributed by atoms with Crippen molar-refractivity contribution in [1.82, 2.24) is 9.80 Å². The Morgan fingerprint density at radius 3 is 2.81 bits per heavy atom. The van der Waals surface area contributed by atoms with Gasteiger partial charge in [-0.1, -0.05) is 12.1 Å². The molecule has 0 saturated carbocycles. The number of thiophene rings is 1. The average molecular weight is 437 g/mol. The Morgan fingerprint density at radius 1 is 1.16 bits per heavy atom. The number of carbonyl (C=O) groups is 1. The third-order valence-corrected chi connectivity index (χ3v) is 7.60. The molecule has 0 unspecified atom stereocenters. The van der Waals surface area contributed by atoms with Crippen molar-refractivity contribution in [3.05, 3.63) is 63.5 Å². The van der Waals surface area contributed by atoms with Gasteiger partial charge in [0.25, 0.3) is 5.91 Å². The van der Waals surface area contributed by atoms with E-state index in [0.29, 0.717) is 0 Å². The van der Waals surface area contributed by atoms with Crippen LogP contribution < -0.4 is 4.74 Å². The molecule has 0 spiro atoms. The van der Waals surface area contributed by atoms with Gasteiger partial charge in [0, 0.05) is 35.3 Å². The van der Waals surface area contributed by atoms with E-state index < -0.39 is 0 Å². The Morgan fingerprint density at radius 2 is 2.00 bits per heavy atom. The summed E-state index contributed by atoms with van der Waals surface area (Å²) in [7, 11) is 3.91. The predicted molar refractivity (Wildman–Crippen MR) is 130 cm³/mol. The standard InChI is InChI=1S/C26H32N2O2S/c1-18-9-10-22-21(19(18)2)12-16-28(26(22)29)14-6-13-27(3)15-11-20-17-31-24-8-5-7-23(30-4)25(20)24/h5,7-10,17H,6,11-16H2,1-4H3. The molecule has 4 rings (SSSR count). The summed E-state index contributed by atoms with van der Waals surface area (Å²) in [5.74, 6) is 1.16. The van der Waals surface area contributed by atoms with E-state index in [0.717, 1.165) is 56.8 Å². The molecule has 164 valence electrons. The van der Waals surface area contributed by atoms with Gasteiger partial charge in [-0.2, -0.15) is 0 Å². The van der Waals surface area contributed by atoms with Crippen molar-refractivity contribution >= 4 is 27.3 Å². The van der Waals surface area contributed by atoms with Crippen LogP contribution >= 0.6 is 11.3 Å². The topological polar surface area (TPSA) is 32.8 Å². The lowest BCUT2D eigenvalue weighted by atomic mass is 9.91. The summed E-state index contributed by atoms with van der Waals surface area (Å²) < 4.78 is 6.85. The maximum absolute atomic E-state index is 12.9. The fraction of sp³-hybridized carbons (Fsp3) is 0.423. The molecule has 1 aromatic heterocycles. The van der Waals surface area contributed by atoms with Gasteiger partial charge < -0.3 is 14.5 Å². The minimum absolute atomic E-state index is 0.198. The first-order valence-corrected chi connectivity index (χ1v) is 12.0. The van der Waals surface area contributed by atoms with E-state index in [2.05, 4.69) is 49.4 Å². The van der Waals surface area contributed by atoms with Crippen LogP contribution in [0.15, 0.2) is 35.7 Å². The van der Waals surface area contributed by atoms with Gasteiger partial charge in [-0.3, -0.25) is 4.79 Å². The Balaban J connectivity index is 1.29. The number of likely N-dealkylation sites (N-methyl/N-ethyl adjacent to an activating group) is 1. The highest BCUT2D eigenvalue weighted by Gasteiger charge is 2.25. The third-order valence-electron chi connectivity index (χ3n) is 6.61. The fourth-order valence-corrected chi connectivity index (χ4v) is 5.57. The van der Waals surface area contributed by atoms with Crippen molar-refractivity contribution in [2.24, 2.45) is 0 Å². The van der Waals surface area contributed by atoms with E-state index >= 15 is 0 Å². The van der Waals surface area contributed by atoms with E-state index in [1.165, 1.54) is 32.3 Å². The summed E-state index contributed by atoms with van der Waals surface area (Å²) in [5, 5.41) is 3.51. The van der Waals surface area contributed by atoms with Gasteiger partial charge in [-0.05, 0) is 92.5 Å². The van der Waals surface area contributed by atoms with Crippen LogP contribution in [0.2, 0.25) is 0 Å². The number of benzene rings is 2. The van der Waals surface area contributed by atoms with Gasteiger partial charge in [0.05, 0.1) is 7.11 Å². The van der Waals surface area contributed by atoms with Crippen molar-refractivity contribution in [1.29, 1.82) is 0 Å². The largest absolute Gasteiger partial charge is 0.496 e. The van der Waals surface area contributed by atoms with E-state index in [9.17, 15) is 4.79 Å². The van der Waals surface area contributed by atoms with Crippen molar-refractivity contribution in [2.45, 2.75) is 33.1 Å². The molecule has 0 atom stereocenters. The Labute approximate surface area is 189 Å². The van der Waals surface area contributed by atoms with Gasteiger partial charge in [-0.25, -0.2) is 0 Å². The Hall–Kier alpha value is -2.37. The van der Waals surface area contributed by atoms with Gasteiger partial charge in [0.15, 0.2) is 0 Å². The number of rotatable bonds is 8. The zero-order valence-electron chi connectivity index (χ0n) is 19.0. The van der Waals surface area contributed by atoms with Crippen LogP contribution in [-0.4, -0.2) is 56.0 Å². The van der Waals surface area contributed by atoms with Gasteiger partial charge in [0.2, 0.25) is 0 Å². The second-order valence-electron chi connectivity index (χ2n) is 8.58. The quantitative estimate of drug-likeness (QED) is 0.493. The molecular formula is C26H32N2O2S. The second-order valence-corrected chi connectivity index (χ2v) is 9.49. The van der Waals surface area contributed by atoms with Crippen LogP contribution in [0.3, 0.4) is 0 Å². The van der Waals surface area contributed by atoms with Crippen LogP contribution in [0.1, 0.15) is 39.0 Å². The second kappa shape index (κ2) is 9.41. The van der Waals surface area contributed by atoms with Crippen molar-refractivity contribution < 1.29 is 9.53 Å². The van der Waals surface area contributed by atoms with Crippen LogP contribution in [-0.2, 0) is 12.8 Å². The number of methoxy groups -OCH3 is 1. The number of aryl methyl sites for hydroxylation is 1. The van der Waals surface area contributed by atoms with E-state index in [1.54, 1.807) is 18.4 Å². The highest BCUT2D eigenvalue weighted by molar-refractivity contribution is 7.17. The van der Waals surface area contributed by atoms with Crippen LogP contribution in [0, 0.1) is 13.8 Å². The maximum atomic E-state index is 12.9. The number of fused-ring (bicyclic) bond motifs is 2. The molecule has 3 aromatic rings. The third kappa shape index (κ3) is 4.48. The molecule has 1 amide bonds. The van der Waals surface area contributed by atoms with Crippen molar-refractivity contribution in [3.63, 3.8) is 0 Å². The lowest BCUT2D eigenvalue weighted by molar-refractivity contribution is 0.0733. The Kier molecular flexibility index (Phi) is 6.63. The average Bonchev–Trinajstić information content (AvgIpc) is 3.20. The minimum Gasteiger partial charge on any atom is -0.496 e. The smallest absolute Gasteiger partial charge is 0.254 e. The number of ether oxygens (including phenoxy) is 1. The fourth-order valence-electron chi connectivity index (χ4n) is 4.56. The van der Waals surface area contributed by atoms with Crippen molar-refractivity contribution in [3.8, 4) is 5.75 Å². The molecular weight excluding hydrogens is 404 g/mol. The van der Waals surface area contributed by atoms with E-state index in [1.807, 2.05) is 17.0 Å². The number of amides is 1. The summed E-state index contributed by atoms with van der Waals surface area (Å²) in [4.78, 5) is 17.3. The van der Waals surface area contributed by atoms with Crippen LogP contribution in [0.5, 0.6) is 5.75 Å². The molecule has 31 heavy (non-hydrogen) atoms. The van der Waals surface area contributed by atoms with Crippen molar-refractivity contribution in [2.75, 3.05) is 40.3 Å². The van der Waals surface area contributed by atoms with Crippen LogP contribution in [0.4, 0.5) is 0 Å². The molecule has 0 bridgehead atoms. The lowest BCUT2D eigenvalue weighted by Crippen LogP contribution is -2.39. The monoisotopic (exact) mass is 436 g/mol. The molecule has 0 N–H and O–H groups in total. The first-order chi connectivity index (χ1) is 15.0. The molecule has 2 heterocycles. The molecule has 1 aliphatic heterocycles. The normalized spacial score (nSPS) is 13.8. The first kappa shape index (κ1) is 21.8. The highest BCUT2D eigenvalue weighted by atomic mass is 32.1. The summed E-state index contributed by atoms with van der Waals surface area (Å²) >= 11 is 1.79. The highest BCUT2D eigenvalue weighted by Crippen LogP contribution is 2.34. The molecule has 4 nitrogen and oxygen atoms in total. The lowest BCUT2D eigenvalue weighted by Gasteiger charge is -2.30. The zero-order chi connectivity index (χ0) is 22.0. The first-order valence-electron chi connectivity index (χ1n) is 11.1. The SMILES string of the molecule is COc1cccc2scc(CCN(C)CCCN3CCc4c(ccc(C)c4C)C3=O)c12. The van der Waals surface area contributed by atoms with Gasteiger partial charge in [-0.15, -0.1) is 11.3 Å². The van der Waals surface area contributed by atoms with Gasteiger partial charge in [0.1, 0.15) is 5.75 Å². The number of hydrogen-bond donors (Lipinski definition) is 0. The number of carbonyl (C=O) groups excluding carboxylic acids is 1. The predicted octanol–water partition coefficient (Wildman–Crippen LogP) is 5.09. The summed E-state index contributed by atoms with van der Waals surface area (Å²) in [5.41, 5.74) is 6.07. The molecule has 5 heteroatoms. The van der Waals surface area contributed by atoms with E-state index in [-0.39, 0.29) is 5.91 Å². The maximum Gasteiger partial charge on any atom is 0.254 e. The molecule has 2 aromatic carbocycles. The summed E-state index contributed by atoms with van der Waals surface area (Å²) in [6.45, 7) is 7.91. The van der Waals surface area contributed by atoms with Crippen LogP contribution in [0.25, 0.3) is 10.1 Å². The molecule has 0 saturated heterocycles. The van der Waals surface area contributed by atoms with Gasteiger partial charge >= 0.3 is 0 Å². The zero-order valence-corrected chi connectivity index (χ0v) is 19.8. The summed E-state index contributed by atoms with van der Waals surface area (Å²) in [6, 6.07) is 10.3. The molecule has 0 radical (unpaired) electrons. The number of hydrogen-bond acceptors (Lipinski definition) is 4. The molecule has 0 aliphatic carbocycles. The minimum atomic E-state index is 0.198. The summed E-state index contributed by atoms with van der Waals surface area (Å²) in [6.07, 6.45) is 2.97. The Bertz CT molecular complexity index is 1090.